The number of aliphatic carboxylic acids is 1. The van der Waals surface area contributed by atoms with Gasteiger partial charge in [-0.05, 0) is 37.1 Å². The molecule has 2 aliphatic heterocycles. The van der Waals surface area contributed by atoms with Crippen molar-refractivity contribution < 1.29 is 48.0 Å². The van der Waals surface area contributed by atoms with E-state index in [1.165, 1.54) is 18.2 Å². The van der Waals surface area contributed by atoms with E-state index in [9.17, 15) is 33.4 Å². The van der Waals surface area contributed by atoms with Gasteiger partial charge in [-0.1, -0.05) is 12.5 Å². The molecule has 5 rings (SSSR count). The average molecular weight is 525 g/mol. The Kier molecular flexibility index (Phi) is 6.14. The number of halogens is 2. The Hall–Kier alpha value is -4.67. The van der Waals surface area contributed by atoms with E-state index in [-0.39, 0.29) is 45.7 Å². The molecule has 0 atom stereocenters. The highest BCUT2D eigenvalue weighted by molar-refractivity contribution is 6.01. The van der Waals surface area contributed by atoms with Crippen molar-refractivity contribution in [1.29, 1.82) is 0 Å². The number of phenols is 2. The van der Waals surface area contributed by atoms with Crippen LogP contribution in [0.5, 0.6) is 23.0 Å². The summed E-state index contributed by atoms with van der Waals surface area (Å²) in [5.74, 6) is -5.88. The predicted molar refractivity (Wildman–Crippen MR) is 126 cm³/mol. The van der Waals surface area contributed by atoms with Crippen LogP contribution in [0.2, 0.25) is 0 Å². The lowest BCUT2D eigenvalue weighted by Gasteiger charge is -2.36. The first-order valence-corrected chi connectivity index (χ1v) is 11.7. The second kappa shape index (κ2) is 9.33. The lowest BCUT2D eigenvalue weighted by molar-refractivity contribution is -0.137. The molecule has 38 heavy (non-hydrogen) atoms. The molecule has 3 aromatic carbocycles. The Bertz CT molecular complexity index is 1450. The highest BCUT2D eigenvalue weighted by atomic mass is 19.1. The molecule has 0 radical (unpaired) electrons. The van der Waals surface area contributed by atoms with E-state index in [1.54, 1.807) is 0 Å². The van der Waals surface area contributed by atoms with E-state index in [0.29, 0.717) is 25.8 Å². The van der Waals surface area contributed by atoms with Gasteiger partial charge in [-0.25, -0.2) is 13.6 Å². The molecule has 0 aromatic heterocycles. The molecule has 0 fully saturated rings. The minimum absolute atomic E-state index is 0.0140. The number of phenolic OH excluding ortho intramolecular Hbond substituents is 2. The summed E-state index contributed by atoms with van der Waals surface area (Å²) < 4.78 is 40.5. The molecule has 0 saturated heterocycles. The third kappa shape index (κ3) is 4.05. The first-order valence-electron chi connectivity index (χ1n) is 11.7. The van der Waals surface area contributed by atoms with Crippen LogP contribution >= 0.6 is 0 Å². The van der Waals surface area contributed by atoms with Crippen LogP contribution in [-0.4, -0.2) is 39.7 Å². The number of aromatic hydroxyl groups is 2. The maximum atomic E-state index is 14.5. The summed E-state index contributed by atoms with van der Waals surface area (Å²) in [6.45, 7) is 0.299. The normalized spacial score (nSPS) is 14.2. The number of ether oxygens (including phenoxy) is 2. The van der Waals surface area contributed by atoms with Gasteiger partial charge in [-0.3, -0.25) is 9.59 Å². The van der Waals surface area contributed by atoms with Gasteiger partial charge in [0.25, 0.3) is 5.91 Å². The van der Waals surface area contributed by atoms with Crippen LogP contribution in [0.3, 0.4) is 0 Å². The van der Waals surface area contributed by atoms with Gasteiger partial charge in [-0.15, -0.1) is 0 Å². The number of esters is 1. The van der Waals surface area contributed by atoms with Crippen LogP contribution in [0.4, 0.5) is 8.78 Å². The molecular formula is C27H21F2NO8. The standard InChI is InChI=1S/C27H21F2NO8/c28-18-9-16-22(11-20(18)31)37-23-12-21(32)19(29)10-17(23)27(16)15-6-5-13(8-14(15)26(36)38-27)25(35)30-7-3-1-2-4-24(33)34/h5-6,8-12,31-32H,1-4,7H2,(H,30,35)(H,33,34). The number of benzene rings is 3. The summed E-state index contributed by atoms with van der Waals surface area (Å²) in [6, 6.07) is 8.01. The Morgan fingerprint density at radius 1 is 0.868 bits per heavy atom. The predicted octanol–water partition coefficient (Wildman–Crippen LogP) is 4.32. The van der Waals surface area contributed by atoms with E-state index in [4.69, 9.17) is 14.6 Å². The summed E-state index contributed by atoms with van der Waals surface area (Å²) in [4.78, 5) is 36.4. The van der Waals surface area contributed by atoms with Crippen LogP contribution in [0, 0.1) is 11.6 Å². The second-order valence-electron chi connectivity index (χ2n) is 8.99. The zero-order valence-electron chi connectivity index (χ0n) is 19.7. The zero-order valence-corrected chi connectivity index (χ0v) is 19.7. The molecule has 0 saturated carbocycles. The van der Waals surface area contributed by atoms with Gasteiger partial charge in [0.15, 0.2) is 28.7 Å². The van der Waals surface area contributed by atoms with Gasteiger partial charge < -0.3 is 30.1 Å². The molecule has 1 spiro atoms. The van der Waals surface area contributed by atoms with E-state index >= 15 is 0 Å². The molecule has 2 aliphatic rings. The van der Waals surface area contributed by atoms with Gasteiger partial charge in [0, 0.05) is 36.2 Å². The molecule has 3 aromatic rings. The number of nitrogens with one attached hydrogen (secondary N) is 1. The molecule has 2 heterocycles. The van der Waals surface area contributed by atoms with Crippen LogP contribution in [-0.2, 0) is 15.1 Å². The molecule has 1 amide bonds. The van der Waals surface area contributed by atoms with Crippen molar-refractivity contribution in [3.63, 3.8) is 0 Å². The maximum absolute atomic E-state index is 14.5. The molecule has 9 nitrogen and oxygen atoms in total. The maximum Gasteiger partial charge on any atom is 0.340 e. The van der Waals surface area contributed by atoms with Crippen LogP contribution in [0.15, 0.2) is 42.5 Å². The summed E-state index contributed by atoms with van der Waals surface area (Å²) in [5, 5.41) is 31.2. The Morgan fingerprint density at radius 2 is 1.50 bits per heavy atom. The second-order valence-corrected chi connectivity index (χ2v) is 8.99. The number of rotatable bonds is 7. The third-order valence-corrected chi connectivity index (χ3v) is 6.56. The average Bonchev–Trinajstić information content (AvgIpc) is 3.16. The summed E-state index contributed by atoms with van der Waals surface area (Å²) >= 11 is 0. The lowest BCUT2D eigenvalue weighted by atomic mass is 9.77. The highest BCUT2D eigenvalue weighted by Crippen LogP contribution is 2.57. The Morgan fingerprint density at radius 3 is 2.11 bits per heavy atom. The molecule has 11 heteroatoms. The quantitative estimate of drug-likeness (QED) is 0.264. The Labute approximate surface area is 214 Å². The van der Waals surface area contributed by atoms with Crippen molar-refractivity contribution >= 4 is 17.8 Å². The van der Waals surface area contributed by atoms with Gasteiger partial charge in [-0.2, -0.15) is 0 Å². The smallest absolute Gasteiger partial charge is 0.340 e. The number of hydrogen-bond acceptors (Lipinski definition) is 7. The Balaban J connectivity index is 1.52. The van der Waals surface area contributed by atoms with Crippen LogP contribution in [0.1, 0.15) is 63.1 Å². The SMILES string of the molecule is O=C(O)CCCCCNC(=O)c1ccc2c(c1)C(=O)OC21c2cc(F)c(O)cc2Oc2cc(O)c(F)cc21. The van der Waals surface area contributed by atoms with Crippen molar-refractivity contribution in [2.24, 2.45) is 0 Å². The fourth-order valence-corrected chi connectivity index (χ4v) is 4.76. The fraction of sp³-hybridized carbons (Fsp3) is 0.222. The zero-order chi connectivity index (χ0) is 27.2. The van der Waals surface area contributed by atoms with Crippen molar-refractivity contribution in [3.8, 4) is 23.0 Å². The molecule has 0 bridgehead atoms. The highest BCUT2D eigenvalue weighted by Gasteiger charge is 2.54. The number of hydrogen-bond donors (Lipinski definition) is 4. The summed E-state index contributed by atoms with van der Waals surface area (Å²) in [6.07, 6.45) is 1.72. The molecular weight excluding hydrogens is 504 g/mol. The van der Waals surface area contributed by atoms with Crippen molar-refractivity contribution in [2.75, 3.05) is 6.54 Å². The number of fused-ring (bicyclic) bond motifs is 6. The van der Waals surface area contributed by atoms with E-state index < -0.39 is 46.6 Å². The number of carbonyl (C=O) groups is 3. The third-order valence-electron chi connectivity index (χ3n) is 6.56. The van der Waals surface area contributed by atoms with Crippen LogP contribution < -0.4 is 10.1 Å². The molecule has 196 valence electrons. The number of carboxylic acids is 1. The van der Waals surface area contributed by atoms with Crippen molar-refractivity contribution in [2.45, 2.75) is 31.3 Å². The molecule has 4 N–H and O–H groups in total. The minimum Gasteiger partial charge on any atom is -0.505 e. The summed E-state index contributed by atoms with van der Waals surface area (Å²) in [5.41, 5.74) is -1.59. The van der Waals surface area contributed by atoms with E-state index in [0.717, 1.165) is 24.3 Å². The number of amides is 1. The van der Waals surface area contributed by atoms with Gasteiger partial charge in [0.2, 0.25) is 0 Å². The van der Waals surface area contributed by atoms with Gasteiger partial charge >= 0.3 is 11.9 Å². The lowest BCUT2D eigenvalue weighted by Crippen LogP contribution is -2.33. The fourth-order valence-electron chi connectivity index (χ4n) is 4.76. The minimum atomic E-state index is -1.88. The topological polar surface area (TPSA) is 142 Å². The largest absolute Gasteiger partial charge is 0.505 e. The number of carbonyl (C=O) groups excluding carboxylic acids is 2. The molecule has 0 unspecified atom stereocenters. The monoisotopic (exact) mass is 525 g/mol. The van der Waals surface area contributed by atoms with E-state index in [1.807, 2.05) is 0 Å². The van der Waals surface area contributed by atoms with Crippen molar-refractivity contribution in [1.82, 2.24) is 5.32 Å². The van der Waals surface area contributed by atoms with Gasteiger partial charge in [0.05, 0.1) is 16.7 Å². The van der Waals surface area contributed by atoms with E-state index in [2.05, 4.69) is 5.32 Å². The molecule has 0 aliphatic carbocycles. The summed E-state index contributed by atoms with van der Waals surface area (Å²) in [7, 11) is 0. The van der Waals surface area contributed by atoms with Crippen molar-refractivity contribution in [3.05, 3.63) is 81.9 Å². The van der Waals surface area contributed by atoms with Crippen LogP contribution in [0.25, 0.3) is 0 Å². The first-order chi connectivity index (χ1) is 18.1. The number of unbranched alkanes of at least 4 members (excludes halogenated alkanes) is 2. The van der Waals surface area contributed by atoms with Gasteiger partial charge in [0.1, 0.15) is 11.5 Å². The first kappa shape index (κ1) is 25.0. The number of carboxylic acid groups (broad SMARTS) is 1.